The highest BCUT2D eigenvalue weighted by atomic mass is 127. The summed E-state index contributed by atoms with van der Waals surface area (Å²) in [5, 5.41) is 3.58. The van der Waals surface area contributed by atoms with Gasteiger partial charge in [-0.3, -0.25) is 9.89 Å². The van der Waals surface area contributed by atoms with Gasteiger partial charge in [-0.15, -0.1) is 24.0 Å². The third kappa shape index (κ3) is 6.91. The van der Waals surface area contributed by atoms with Crippen LogP contribution in [0.1, 0.15) is 23.1 Å². The molecule has 4 rings (SSSR count). The molecule has 2 aromatic carbocycles. The largest absolute Gasteiger partial charge is 0.379 e. The molecule has 0 spiro atoms. The predicted octanol–water partition coefficient (Wildman–Crippen LogP) is 3.50. The summed E-state index contributed by atoms with van der Waals surface area (Å²) in [5.41, 5.74) is 3.66. The van der Waals surface area contributed by atoms with Crippen LogP contribution in [-0.2, 0) is 29.2 Å². The summed E-state index contributed by atoms with van der Waals surface area (Å²) in [5.74, 6) is 0.982. The van der Waals surface area contributed by atoms with Crippen molar-refractivity contribution in [1.82, 2.24) is 15.1 Å². The summed E-state index contributed by atoms with van der Waals surface area (Å²) in [6.45, 7) is 7.84. The highest BCUT2D eigenvalue weighted by molar-refractivity contribution is 14.0. The van der Waals surface area contributed by atoms with Crippen molar-refractivity contribution in [3.05, 3.63) is 71.3 Å². The molecule has 0 amide bonds. The lowest BCUT2D eigenvalue weighted by Crippen LogP contribution is -2.46. The fourth-order valence-corrected chi connectivity index (χ4v) is 4.41. The monoisotopic (exact) mass is 550 g/mol. The summed E-state index contributed by atoms with van der Waals surface area (Å²) < 4.78 is 11.5. The first kappa shape index (κ1) is 25.0. The Hall–Kier alpha value is -1.68. The van der Waals surface area contributed by atoms with Gasteiger partial charge in [-0.2, -0.15) is 0 Å². The van der Waals surface area contributed by atoms with Crippen molar-refractivity contribution in [2.75, 3.05) is 46.4 Å². The van der Waals surface area contributed by atoms with Gasteiger partial charge < -0.3 is 19.7 Å². The Labute approximate surface area is 209 Å². The maximum absolute atomic E-state index is 5.98. The Balaban J connectivity index is 0.00000289. The van der Waals surface area contributed by atoms with Gasteiger partial charge >= 0.3 is 0 Å². The number of nitrogens with zero attached hydrogens (tertiary/aromatic N) is 3. The standard InChI is InChI=1S/C25H34N4O2.HI/c1-26-25(29-12-11-24(18-29)28-13-15-30-16-14-28)27-17-22-9-5-6-10-23(22)20-31-19-21-7-3-2-4-8-21;/h2-10,24H,11-20H2,1H3,(H,26,27);1H. The van der Waals surface area contributed by atoms with Crippen LogP contribution >= 0.6 is 24.0 Å². The minimum Gasteiger partial charge on any atom is -0.379 e. The second-order valence-electron chi connectivity index (χ2n) is 8.18. The van der Waals surface area contributed by atoms with Gasteiger partial charge in [-0.05, 0) is 23.1 Å². The molecular weight excluding hydrogens is 515 g/mol. The summed E-state index contributed by atoms with van der Waals surface area (Å²) in [6, 6.07) is 19.4. The quantitative estimate of drug-likeness (QED) is 0.325. The minimum atomic E-state index is 0. The lowest BCUT2D eigenvalue weighted by atomic mass is 10.1. The van der Waals surface area contributed by atoms with E-state index in [0.29, 0.717) is 19.3 Å². The number of nitrogens with one attached hydrogen (secondary N) is 1. The van der Waals surface area contributed by atoms with Crippen molar-refractivity contribution in [2.24, 2.45) is 4.99 Å². The summed E-state index contributed by atoms with van der Waals surface area (Å²) in [4.78, 5) is 9.50. The van der Waals surface area contributed by atoms with E-state index in [1.54, 1.807) is 0 Å². The molecule has 1 unspecified atom stereocenters. The van der Waals surface area contributed by atoms with Crippen molar-refractivity contribution in [3.63, 3.8) is 0 Å². The molecule has 0 bridgehead atoms. The summed E-state index contributed by atoms with van der Waals surface area (Å²) in [6.07, 6.45) is 1.19. The van der Waals surface area contributed by atoms with E-state index in [0.717, 1.165) is 51.9 Å². The van der Waals surface area contributed by atoms with Crippen LogP contribution in [0.5, 0.6) is 0 Å². The van der Waals surface area contributed by atoms with Crippen LogP contribution in [0.2, 0.25) is 0 Å². The Kier molecular flexibility index (Phi) is 10.2. The maximum Gasteiger partial charge on any atom is 0.193 e. The average molecular weight is 550 g/mol. The van der Waals surface area contributed by atoms with Gasteiger partial charge in [0.1, 0.15) is 0 Å². The van der Waals surface area contributed by atoms with Crippen LogP contribution in [0.25, 0.3) is 0 Å². The first-order valence-electron chi connectivity index (χ1n) is 11.3. The molecular formula is C25H35IN4O2. The van der Waals surface area contributed by atoms with E-state index in [2.05, 4.69) is 56.5 Å². The van der Waals surface area contributed by atoms with Gasteiger partial charge in [0, 0.05) is 45.8 Å². The first-order chi connectivity index (χ1) is 15.3. The van der Waals surface area contributed by atoms with Gasteiger partial charge in [0.05, 0.1) is 26.4 Å². The molecule has 0 saturated carbocycles. The van der Waals surface area contributed by atoms with E-state index in [1.165, 1.54) is 23.1 Å². The van der Waals surface area contributed by atoms with Gasteiger partial charge in [0.15, 0.2) is 5.96 Å². The predicted molar refractivity (Wildman–Crippen MR) is 139 cm³/mol. The highest BCUT2D eigenvalue weighted by Gasteiger charge is 2.30. The van der Waals surface area contributed by atoms with E-state index < -0.39 is 0 Å². The number of morpholine rings is 1. The van der Waals surface area contributed by atoms with Gasteiger partial charge in [-0.25, -0.2) is 0 Å². The normalized spacial score (nSPS) is 19.6. The van der Waals surface area contributed by atoms with Crippen LogP contribution in [0, 0.1) is 0 Å². The summed E-state index contributed by atoms with van der Waals surface area (Å²) >= 11 is 0. The molecule has 2 aromatic rings. The molecule has 0 aliphatic carbocycles. The van der Waals surface area contributed by atoms with Crippen molar-refractivity contribution in [2.45, 2.75) is 32.2 Å². The molecule has 2 saturated heterocycles. The fourth-order valence-electron chi connectivity index (χ4n) is 4.41. The zero-order chi connectivity index (χ0) is 21.3. The van der Waals surface area contributed by atoms with Crippen LogP contribution < -0.4 is 5.32 Å². The molecule has 32 heavy (non-hydrogen) atoms. The van der Waals surface area contributed by atoms with E-state index in [4.69, 9.17) is 9.47 Å². The second kappa shape index (κ2) is 13.1. The molecule has 2 aliphatic heterocycles. The molecule has 1 N–H and O–H groups in total. The van der Waals surface area contributed by atoms with Gasteiger partial charge in [0.2, 0.25) is 0 Å². The topological polar surface area (TPSA) is 49.3 Å². The molecule has 0 aromatic heterocycles. The average Bonchev–Trinajstić information content (AvgIpc) is 3.32. The van der Waals surface area contributed by atoms with E-state index >= 15 is 0 Å². The molecule has 2 heterocycles. The fraction of sp³-hybridized carbons (Fsp3) is 0.480. The number of likely N-dealkylation sites (tertiary alicyclic amines) is 1. The Morgan fingerprint density at radius 2 is 1.72 bits per heavy atom. The Morgan fingerprint density at radius 3 is 2.47 bits per heavy atom. The number of rotatable bonds is 7. The molecule has 2 fully saturated rings. The minimum absolute atomic E-state index is 0. The number of aliphatic imine (C=N–C) groups is 1. The number of hydrogen-bond donors (Lipinski definition) is 1. The molecule has 0 radical (unpaired) electrons. The smallest absolute Gasteiger partial charge is 0.193 e. The van der Waals surface area contributed by atoms with E-state index in [-0.39, 0.29) is 24.0 Å². The van der Waals surface area contributed by atoms with Crippen LogP contribution in [0.3, 0.4) is 0 Å². The van der Waals surface area contributed by atoms with Crippen LogP contribution in [0.15, 0.2) is 59.6 Å². The number of hydrogen-bond acceptors (Lipinski definition) is 4. The lowest BCUT2D eigenvalue weighted by Gasteiger charge is -2.32. The third-order valence-corrected chi connectivity index (χ3v) is 6.16. The summed E-state index contributed by atoms with van der Waals surface area (Å²) in [7, 11) is 1.87. The Morgan fingerprint density at radius 1 is 1.00 bits per heavy atom. The zero-order valence-electron chi connectivity index (χ0n) is 18.9. The zero-order valence-corrected chi connectivity index (χ0v) is 21.2. The van der Waals surface area contributed by atoms with Crippen molar-refractivity contribution >= 4 is 29.9 Å². The first-order valence-corrected chi connectivity index (χ1v) is 11.3. The van der Waals surface area contributed by atoms with Crippen LogP contribution in [0.4, 0.5) is 0 Å². The number of ether oxygens (including phenoxy) is 2. The molecule has 1 atom stereocenters. The highest BCUT2D eigenvalue weighted by Crippen LogP contribution is 2.18. The van der Waals surface area contributed by atoms with Crippen molar-refractivity contribution < 1.29 is 9.47 Å². The number of halogens is 1. The molecule has 2 aliphatic rings. The molecule has 174 valence electrons. The van der Waals surface area contributed by atoms with E-state index in [9.17, 15) is 0 Å². The van der Waals surface area contributed by atoms with Crippen LogP contribution in [-0.4, -0.2) is 68.2 Å². The van der Waals surface area contributed by atoms with Gasteiger partial charge in [0.25, 0.3) is 0 Å². The molecule has 6 nitrogen and oxygen atoms in total. The van der Waals surface area contributed by atoms with Crippen molar-refractivity contribution in [1.29, 1.82) is 0 Å². The van der Waals surface area contributed by atoms with Crippen molar-refractivity contribution in [3.8, 4) is 0 Å². The van der Waals surface area contributed by atoms with Gasteiger partial charge in [-0.1, -0.05) is 54.6 Å². The maximum atomic E-state index is 5.98. The second-order valence-corrected chi connectivity index (χ2v) is 8.18. The Bertz CT molecular complexity index is 843. The number of guanidine groups is 1. The van der Waals surface area contributed by atoms with E-state index in [1.807, 2.05) is 25.2 Å². The lowest BCUT2D eigenvalue weighted by molar-refractivity contribution is 0.0195. The SMILES string of the molecule is CN=C(NCc1ccccc1COCc1ccccc1)N1CCC(N2CCOCC2)C1.I. The number of benzene rings is 2. The third-order valence-electron chi connectivity index (χ3n) is 6.16. The molecule has 7 heteroatoms.